The molecular weight excluding hydrogens is 394 g/mol. The molecule has 9 nitrogen and oxygen atoms in total. The predicted octanol–water partition coefficient (Wildman–Crippen LogP) is 3.76. The number of aromatic nitrogens is 4. The van der Waals surface area contributed by atoms with Gasteiger partial charge in [0, 0.05) is 5.41 Å². The Balaban J connectivity index is 1.84. The monoisotopic (exact) mass is 413 g/mol. The summed E-state index contributed by atoms with van der Waals surface area (Å²) in [6.07, 6.45) is 1.43. The molecule has 0 spiro atoms. The highest BCUT2D eigenvalue weighted by Gasteiger charge is 2.63. The van der Waals surface area contributed by atoms with E-state index in [-0.39, 0.29) is 17.9 Å². The molecule has 29 heavy (non-hydrogen) atoms. The van der Waals surface area contributed by atoms with Crippen LogP contribution in [0.5, 0.6) is 0 Å². The fraction of sp³-hybridized carbons (Fsp3) is 0.688. The number of fused-ring (bicyclic) bond motifs is 1. The molecule has 0 aromatic carbocycles. The first-order valence-corrected chi connectivity index (χ1v) is 8.89. The average molecular weight is 413 g/mol. The summed E-state index contributed by atoms with van der Waals surface area (Å²) in [5.41, 5.74) is -1.05. The summed E-state index contributed by atoms with van der Waals surface area (Å²) in [6, 6.07) is 0. The second kappa shape index (κ2) is 5.89. The zero-order chi connectivity index (χ0) is 21.2. The fourth-order valence-corrected chi connectivity index (χ4v) is 3.16. The third kappa shape index (κ3) is 3.21. The van der Waals surface area contributed by atoms with Crippen molar-refractivity contribution >= 4 is 17.0 Å². The lowest BCUT2D eigenvalue weighted by Crippen LogP contribution is -2.38. The van der Waals surface area contributed by atoms with Crippen LogP contribution in [0.4, 0.5) is 23.4 Å². The third-order valence-electron chi connectivity index (χ3n) is 4.76. The Bertz CT molecular complexity index is 993. The van der Waals surface area contributed by atoms with Gasteiger partial charge in [-0.2, -0.15) is 17.6 Å². The van der Waals surface area contributed by atoms with Gasteiger partial charge in [-0.05, 0) is 17.4 Å². The van der Waals surface area contributed by atoms with E-state index in [1.54, 1.807) is 11.5 Å². The molecule has 0 N–H and O–H groups in total. The highest BCUT2D eigenvalue weighted by atomic mass is 19.3. The molecule has 0 unspecified atom stereocenters. The molecule has 1 saturated heterocycles. The summed E-state index contributed by atoms with van der Waals surface area (Å²) < 4.78 is 56.9. The van der Waals surface area contributed by atoms with Crippen LogP contribution in [0, 0.1) is 0 Å². The van der Waals surface area contributed by atoms with E-state index in [2.05, 4.69) is 35.6 Å². The van der Waals surface area contributed by atoms with Crippen LogP contribution in [0.15, 0.2) is 27.0 Å². The van der Waals surface area contributed by atoms with Crippen molar-refractivity contribution in [3.8, 4) is 0 Å². The molecule has 2 aliphatic heterocycles. The number of anilines is 1. The molecule has 0 amide bonds. The lowest BCUT2D eigenvalue weighted by molar-refractivity contribution is -0.172. The molecule has 0 bridgehead atoms. The maximum atomic E-state index is 13.8. The Labute approximate surface area is 162 Å². The standard InChI is InChI=1S/C16H19F4N9/c1-13(2,3)12-22-10(28-6-15(17,18)16(19,20)7-28)9-11(23-12)29(8-21-9)5-14(4)24-26-27-25-14/h8H,5-7H2,1-4H3. The number of hydrogen-bond donors (Lipinski definition) is 0. The van der Waals surface area contributed by atoms with E-state index in [4.69, 9.17) is 0 Å². The molecule has 0 aliphatic carbocycles. The molecule has 2 aromatic rings. The van der Waals surface area contributed by atoms with E-state index in [1.807, 2.05) is 20.8 Å². The summed E-state index contributed by atoms with van der Waals surface area (Å²) in [4.78, 5) is 13.9. The Morgan fingerprint density at radius 3 is 2.14 bits per heavy atom. The minimum atomic E-state index is -4.16. The van der Waals surface area contributed by atoms with Gasteiger partial charge in [0.15, 0.2) is 17.0 Å². The number of alkyl halides is 4. The van der Waals surface area contributed by atoms with Crippen molar-refractivity contribution in [3.63, 3.8) is 0 Å². The lowest BCUT2D eigenvalue weighted by Gasteiger charge is -2.22. The van der Waals surface area contributed by atoms with Gasteiger partial charge >= 0.3 is 11.8 Å². The number of imidazole rings is 1. The normalized spacial score (nSPS) is 22.1. The van der Waals surface area contributed by atoms with Crippen molar-refractivity contribution in [1.29, 1.82) is 0 Å². The van der Waals surface area contributed by atoms with Gasteiger partial charge in [-0.25, -0.2) is 15.0 Å². The van der Waals surface area contributed by atoms with Crippen molar-refractivity contribution in [2.24, 2.45) is 20.7 Å². The highest BCUT2D eigenvalue weighted by Crippen LogP contribution is 2.43. The molecule has 0 radical (unpaired) electrons. The van der Waals surface area contributed by atoms with Crippen LogP contribution in [0.2, 0.25) is 0 Å². The smallest absolute Gasteiger partial charge is 0.329 e. The summed E-state index contributed by atoms with van der Waals surface area (Å²) in [6.45, 7) is 5.10. The summed E-state index contributed by atoms with van der Waals surface area (Å²) in [7, 11) is 0. The molecular formula is C16H19F4N9. The highest BCUT2D eigenvalue weighted by molar-refractivity contribution is 5.84. The molecule has 0 saturated carbocycles. The van der Waals surface area contributed by atoms with Crippen LogP contribution in [0.3, 0.4) is 0 Å². The Kier molecular flexibility index (Phi) is 3.98. The number of halogens is 4. The number of rotatable bonds is 3. The summed E-state index contributed by atoms with van der Waals surface area (Å²) in [5, 5.41) is 14.9. The quantitative estimate of drug-likeness (QED) is 0.716. The van der Waals surface area contributed by atoms with Crippen molar-refractivity contribution in [2.75, 3.05) is 18.0 Å². The van der Waals surface area contributed by atoms with Gasteiger partial charge in [0.25, 0.3) is 0 Å². The Morgan fingerprint density at radius 2 is 1.59 bits per heavy atom. The molecule has 0 atom stereocenters. The van der Waals surface area contributed by atoms with Crippen molar-refractivity contribution in [3.05, 3.63) is 12.2 Å². The van der Waals surface area contributed by atoms with Gasteiger partial charge in [0.05, 0.1) is 26.0 Å². The van der Waals surface area contributed by atoms with Crippen LogP contribution in [-0.2, 0) is 12.0 Å². The minimum Gasteiger partial charge on any atom is -0.342 e. The van der Waals surface area contributed by atoms with Crippen LogP contribution in [0.1, 0.15) is 33.5 Å². The maximum Gasteiger partial charge on any atom is 0.329 e. The topological polar surface area (TPSA) is 96.3 Å². The second-order valence-electron chi connectivity index (χ2n) is 8.53. The Hall–Kier alpha value is -2.73. The van der Waals surface area contributed by atoms with Crippen LogP contribution in [-0.4, -0.2) is 50.1 Å². The predicted molar refractivity (Wildman–Crippen MR) is 94.2 cm³/mol. The molecule has 4 heterocycles. The lowest BCUT2D eigenvalue weighted by atomic mass is 9.96. The molecule has 2 aliphatic rings. The first kappa shape index (κ1) is 19.6. The minimum absolute atomic E-state index is 0.0460. The number of hydrogen-bond acceptors (Lipinski definition) is 8. The zero-order valence-corrected chi connectivity index (χ0v) is 16.2. The Morgan fingerprint density at radius 1 is 1.00 bits per heavy atom. The van der Waals surface area contributed by atoms with Gasteiger partial charge in [-0.15, -0.1) is 10.2 Å². The van der Waals surface area contributed by atoms with Crippen LogP contribution >= 0.6 is 0 Å². The van der Waals surface area contributed by atoms with Gasteiger partial charge in [-0.3, -0.25) is 0 Å². The largest absolute Gasteiger partial charge is 0.342 e. The van der Waals surface area contributed by atoms with Crippen molar-refractivity contribution < 1.29 is 17.6 Å². The van der Waals surface area contributed by atoms with Gasteiger partial charge in [-0.1, -0.05) is 20.8 Å². The number of nitrogens with zero attached hydrogens (tertiary/aromatic N) is 9. The van der Waals surface area contributed by atoms with Crippen LogP contribution < -0.4 is 4.90 Å². The fourth-order valence-electron chi connectivity index (χ4n) is 3.16. The van der Waals surface area contributed by atoms with E-state index in [9.17, 15) is 17.6 Å². The van der Waals surface area contributed by atoms with E-state index < -0.39 is 36.0 Å². The van der Waals surface area contributed by atoms with Gasteiger partial charge in [0.1, 0.15) is 5.82 Å². The van der Waals surface area contributed by atoms with Crippen molar-refractivity contribution in [1.82, 2.24) is 19.5 Å². The molecule has 4 rings (SSSR count). The van der Waals surface area contributed by atoms with Gasteiger partial charge in [0.2, 0.25) is 5.66 Å². The van der Waals surface area contributed by atoms with E-state index in [0.29, 0.717) is 11.5 Å². The molecule has 2 aromatic heterocycles. The van der Waals surface area contributed by atoms with Gasteiger partial charge < -0.3 is 9.47 Å². The van der Waals surface area contributed by atoms with Crippen LogP contribution in [0.25, 0.3) is 11.2 Å². The SMILES string of the molecule is CC1(Cn2cnc3c(N4CC(F)(F)C(F)(F)C4)nc(C(C)(C)C)nc32)N=NN=N1. The second-order valence-corrected chi connectivity index (χ2v) is 8.53. The van der Waals surface area contributed by atoms with E-state index in [0.717, 1.165) is 4.90 Å². The van der Waals surface area contributed by atoms with Crippen molar-refractivity contribution in [2.45, 2.75) is 57.2 Å². The molecule has 13 heteroatoms. The van der Waals surface area contributed by atoms with E-state index in [1.165, 1.54) is 6.33 Å². The average Bonchev–Trinajstić information content (AvgIpc) is 3.24. The summed E-state index contributed by atoms with van der Waals surface area (Å²) in [5.74, 6) is -8.05. The summed E-state index contributed by atoms with van der Waals surface area (Å²) >= 11 is 0. The molecule has 1 fully saturated rings. The zero-order valence-electron chi connectivity index (χ0n) is 16.2. The first-order valence-electron chi connectivity index (χ1n) is 8.89. The first-order chi connectivity index (χ1) is 13.3. The molecule has 156 valence electrons. The van der Waals surface area contributed by atoms with E-state index >= 15 is 0 Å². The third-order valence-corrected chi connectivity index (χ3v) is 4.76. The maximum absolute atomic E-state index is 13.8.